The molecule has 0 bridgehead atoms. The molecule has 0 unspecified atom stereocenters. The SMILES string of the molecule is Fc1ccc(Nc2cnnc(N3CCc4ccccc43)n2)c(F)c1F. The fourth-order valence-electron chi connectivity index (χ4n) is 2.78. The Morgan fingerprint density at radius 3 is 2.72 bits per heavy atom. The maximum atomic E-state index is 13.8. The van der Waals surface area contributed by atoms with Crippen LogP contribution < -0.4 is 10.2 Å². The number of hydrogen-bond donors (Lipinski definition) is 1. The Morgan fingerprint density at radius 2 is 1.84 bits per heavy atom. The van der Waals surface area contributed by atoms with Crippen LogP contribution in [0.4, 0.5) is 36.3 Å². The van der Waals surface area contributed by atoms with Crippen LogP contribution in [-0.4, -0.2) is 21.7 Å². The maximum absolute atomic E-state index is 13.8. The van der Waals surface area contributed by atoms with Crippen molar-refractivity contribution in [1.82, 2.24) is 15.2 Å². The van der Waals surface area contributed by atoms with Gasteiger partial charge in [-0.3, -0.25) is 0 Å². The Labute approximate surface area is 141 Å². The number of hydrogen-bond acceptors (Lipinski definition) is 5. The van der Waals surface area contributed by atoms with Gasteiger partial charge in [0.2, 0.25) is 0 Å². The van der Waals surface area contributed by atoms with Gasteiger partial charge in [-0.25, -0.2) is 13.2 Å². The molecule has 1 aromatic heterocycles. The molecule has 5 nitrogen and oxygen atoms in total. The topological polar surface area (TPSA) is 53.9 Å². The molecule has 8 heteroatoms. The second-order valence-electron chi connectivity index (χ2n) is 5.52. The normalized spacial score (nSPS) is 13.0. The summed E-state index contributed by atoms with van der Waals surface area (Å²) in [5, 5.41) is 10.5. The van der Waals surface area contributed by atoms with E-state index in [0.29, 0.717) is 12.5 Å². The summed E-state index contributed by atoms with van der Waals surface area (Å²) >= 11 is 0. The Kier molecular flexibility index (Phi) is 3.72. The van der Waals surface area contributed by atoms with Crippen molar-refractivity contribution in [3.63, 3.8) is 0 Å². The van der Waals surface area contributed by atoms with Crippen LogP contribution in [0.25, 0.3) is 0 Å². The molecule has 0 saturated heterocycles. The molecule has 0 spiro atoms. The molecule has 4 rings (SSSR count). The summed E-state index contributed by atoms with van der Waals surface area (Å²) in [4.78, 5) is 6.20. The van der Waals surface area contributed by atoms with E-state index in [1.54, 1.807) is 0 Å². The molecule has 0 radical (unpaired) electrons. The minimum absolute atomic E-state index is 0.180. The van der Waals surface area contributed by atoms with E-state index in [0.717, 1.165) is 24.2 Å². The highest BCUT2D eigenvalue weighted by molar-refractivity contribution is 5.66. The largest absolute Gasteiger partial charge is 0.336 e. The van der Waals surface area contributed by atoms with Gasteiger partial charge in [-0.1, -0.05) is 18.2 Å². The summed E-state index contributed by atoms with van der Waals surface area (Å²) in [5.41, 5.74) is 1.93. The second-order valence-corrected chi connectivity index (χ2v) is 5.52. The van der Waals surface area contributed by atoms with E-state index in [1.807, 2.05) is 29.2 Å². The number of benzene rings is 2. The van der Waals surface area contributed by atoms with Crippen molar-refractivity contribution < 1.29 is 13.2 Å². The van der Waals surface area contributed by atoms with Gasteiger partial charge < -0.3 is 10.2 Å². The lowest BCUT2D eigenvalue weighted by Crippen LogP contribution is -2.17. The number of fused-ring (bicyclic) bond motifs is 1. The molecular formula is C17H12F3N5. The molecule has 126 valence electrons. The maximum Gasteiger partial charge on any atom is 0.251 e. The molecule has 2 aromatic carbocycles. The van der Waals surface area contributed by atoms with E-state index in [1.165, 1.54) is 11.8 Å². The lowest BCUT2D eigenvalue weighted by atomic mass is 10.2. The van der Waals surface area contributed by atoms with Crippen LogP contribution in [0, 0.1) is 17.5 Å². The lowest BCUT2D eigenvalue weighted by Gasteiger charge is -2.17. The lowest BCUT2D eigenvalue weighted by molar-refractivity contribution is 0.449. The summed E-state index contributed by atoms with van der Waals surface area (Å²) in [6, 6.07) is 9.81. The minimum atomic E-state index is -1.54. The van der Waals surface area contributed by atoms with Crippen LogP contribution >= 0.6 is 0 Å². The van der Waals surface area contributed by atoms with E-state index in [9.17, 15) is 13.2 Å². The van der Waals surface area contributed by atoms with Gasteiger partial charge in [0.25, 0.3) is 5.95 Å². The minimum Gasteiger partial charge on any atom is -0.336 e. The van der Waals surface area contributed by atoms with Gasteiger partial charge in [-0.15, -0.1) is 5.10 Å². The Morgan fingerprint density at radius 1 is 1.00 bits per heavy atom. The molecular weight excluding hydrogens is 331 g/mol. The first-order valence-electron chi connectivity index (χ1n) is 7.59. The van der Waals surface area contributed by atoms with Crippen molar-refractivity contribution in [2.75, 3.05) is 16.8 Å². The Bertz CT molecular complexity index is 947. The molecule has 0 fully saturated rings. The van der Waals surface area contributed by atoms with Crippen LogP contribution in [-0.2, 0) is 6.42 Å². The Balaban J connectivity index is 1.64. The van der Waals surface area contributed by atoms with Crippen molar-refractivity contribution in [3.8, 4) is 0 Å². The van der Waals surface area contributed by atoms with Crippen LogP contribution in [0.1, 0.15) is 5.56 Å². The van der Waals surface area contributed by atoms with Gasteiger partial charge in [0.05, 0.1) is 11.9 Å². The van der Waals surface area contributed by atoms with E-state index < -0.39 is 17.5 Å². The van der Waals surface area contributed by atoms with Crippen LogP contribution in [0.2, 0.25) is 0 Å². The quantitative estimate of drug-likeness (QED) is 0.735. The molecule has 0 saturated carbocycles. The van der Waals surface area contributed by atoms with E-state index >= 15 is 0 Å². The van der Waals surface area contributed by atoms with Gasteiger partial charge in [0.15, 0.2) is 23.3 Å². The molecule has 25 heavy (non-hydrogen) atoms. The molecule has 0 amide bonds. The van der Waals surface area contributed by atoms with Crippen LogP contribution in [0.15, 0.2) is 42.6 Å². The number of nitrogens with one attached hydrogen (secondary N) is 1. The fraction of sp³-hybridized carbons (Fsp3) is 0.118. The molecule has 0 aliphatic carbocycles. The molecule has 1 aliphatic rings. The third-order valence-corrected chi connectivity index (χ3v) is 3.97. The van der Waals surface area contributed by atoms with Crippen molar-refractivity contribution in [3.05, 3.63) is 65.6 Å². The van der Waals surface area contributed by atoms with Crippen molar-refractivity contribution in [1.29, 1.82) is 0 Å². The first-order chi connectivity index (χ1) is 12.1. The number of para-hydroxylation sites is 1. The third-order valence-electron chi connectivity index (χ3n) is 3.97. The highest BCUT2D eigenvalue weighted by Gasteiger charge is 2.22. The predicted octanol–water partition coefficient (Wildman–Crippen LogP) is 3.73. The summed E-state index contributed by atoms with van der Waals surface area (Å²) in [5.74, 6) is -3.58. The zero-order chi connectivity index (χ0) is 17.4. The summed E-state index contributed by atoms with van der Waals surface area (Å²) < 4.78 is 40.2. The number of halogens is 3. The van der Waals surface area contributed by atoms with Gasteiger partial charge in [0, 0.05) is 12.2 Å². The van der Waals surface area contributed by atoms with E-state index in [2.05, 4.69) is 20.5 Å². The highest BCUT2D eigenvalue weighted by Crippen LogP contribution is 2.32. The van der Waals surface area contributed by atoms with Crippen LogP contribution in [0.3, 0.4) is 0 Å². The number of aromatic nitrogens is 3. The standard InChI is InChI=1S/C17H12F3N5/c18-11-5-6-12(16(20)15(11)19)22-14-9-21-24-17(23-14)25-8-7-10-3-1-2-4-13(10)25/h1-6,9H,7-8H2,(H,22,23,24). The number of nitrogens with zero attached hydrogens (tertiary/aromatic N) is 4. The number of anilines is 4. The molecule has 3 aromatic rings. The monoisotopic (exact) mass is 343 g/mol. The highest BCUT2D eigenvalue weighted by atomic mass is 19.2. The second kappa shape index (κ2) is 6.04. The third kappa shape index (κ3) is 2.75. The average molecular weight is 343 g/mol. The molecule has 2 heterocycles. The summed E-state index contributed by atoms with van der Waals surface area (Å²) in [6.07, 6.45) is 2.14. The molecule has 1 N–H and O–H groups in total. The summed E-state index contributed by atoms with van der Waals surface area (Å²) in [6.45, 7) is 0.698. The van der Waals surface area contributed by atoms with Gasteiger partial charge >= 0.3 is 0 Å². The van der Waals surface area contributed by atoms with E-state index in [-0.39, 0.29) is 11.5 Å². The predicted molar refractivity (Wildman–Crippen MR) is 86.6 cm³/mol. The Hall–Kier alpha value is -3.16. The number of rotatable bonds is 3. The van der Waals surface area contributed by atoms with Crippen LogP contribution in [0.5, 0.6) is 0 Å². The average Bonchev–Trinajstić information content (AvgIpc) is 3.07. The van der Waals surface area contributed by atoms with Crippen molar-refractivity contribution >= 4 is 23.1 Å². The van der Waals surface area contributed by atoms with Gasteiger partial charge in [-0.2, -0.15) is 10.1 Å². The van der Waals surface area contributed by atoms with Gasteiger partial charge in [-0.05, 0) is 30.2 Å². The molecule has 1 aliphatic heterocycles. The first-order valence-corrected chi connectivity index (χ1v) is 7.59. The van der Waals surface area contributed by atoms with E-state index in [4.69, 9.17) is 0 Å². The molecule has 0 atom stereocenters. The summed E-state index contributed by atoms with van der Waals surface area (Å²) in [7, 11) is 0. The van der Waals surface area contributed by atoms with Gasteiger partial charge in [0.1, 0.15) is 0 Å². The fourth-order valence-corrected chi connectivity index (χ4v) is 2.78. The smallest absolute Gasteiger partial charge is 0.251 e. The van der Waals surface area contributed by atoms with Crippen molar-refractivity contribution in [2.24, 2.45) is 0 Å². The van der Waals surface area contributed by atoms with Crippen molar-refractivity contribution in [2.45, 2.75) is 6.42 Å². The first kappa shape index (κ1) is 15.4. The zero-order valence-electron chi connectivity index (χ0n) is 12.9. The zero-order valence-corrected chi connectivity index (χ0v) is 12.9.